The van der Waals surface area contributed by atoms with Crippen LogP contribution in [0.5, 0.6) is 11.5 Å². The maximum atomic E-state index is 12.7. The molecule has 4 saturated carbocycles. The Morgan fingerprint density at radius 1 is 0.900 bits per heavy atom. The minimum Gasteiger partial charge on any atom is -0.496 e. The molecule has 0 saturated heterocycles. The number of carboxylic acid groups (broad SMARTS) is 1. The van der Waals surface area contributed by atoms with E-state index in [0.29, 0.717) is 11.3 Å². The predicted molar refractivity (Wildman–Crippen MR) is 111 cm³/mol. The van der Waals surface area contributed by atoms with E-state index >= 15 is 0 Å². The van der Waals surface area contributed by atoms with Gasteiger partial charge >= 0.3 is 11.9 Å². The SMILES string of the molecule is COc1cc(C(=O)Oc2ccc(C(=O)O)cc2)ccc1C12CC3CC(CC(C3)C1)C2. The van der Waals surface area contributed by atoms with Crippen molar-refractivity contribution in [3.05, 3.63) is 59.2 Å². The number of esters is 1. The molecule has 30 heavy (non-hydrogen) atoms. The molecule has 0 atom stereocenters. The highest BCUT2D eigenvalue weighted by Crippen LogP contribution is 2.61. The van der Waals surface area contributed by atoms with Gasteiger partial charge in [0.05, 0.1) is 18.2 Å². The molecule has 6 rings (SSSR count). The topological polar surface area (TPSA) is 72.8 Å². The van der Waals surface area contributed by atoms with Crippen LogP contribution in [-0.4, -0.2) is 24.2 Å². The molecular formula is C25H26O5. The van der Waals surface area contributed by atoms with Crippen LogP contribution in [0.25, 0.3) is 0 Å². The van der Waals surface area contributed by atoms with Crippen molar-refractivity contribution >= 4 is 11.9 Å². The molecule has 0 spiro atoms. The molecule has 5 heteroatoms. The number of ether oxygens (including phenoxy) is 2. The maximum absolute atomic E-state index is 12.7. The summed E-state index contributed by atoms with van der Waals surface area (Å²) in [6.07, 6.45) is 7.84. The third-order valence-electron chi connectivity index (χ3n) is 7.36. The standard InChI is InChI=1S/C25H26O5/c1-29-22-11-19(24(28)30-20-5-2-18(3-6-20)23(26)27)4-7-21(22)25-12-15-8-16(13-25)10-17(9-15)14-25/h2-7,11,15-17H,8-10,12-14H2,1H3,(H,26,27). The Balaban J connectivity index is 1.39. The van der Waals surface area contributed by atoms with Crippen molar-refractivity contribution in [1.29, 1.82) is 0 Å². The summed E-state index contributed by atoms with van der Waals surface area (Å²) < 4.78 is 11.2. The first-order valence-electron chi connectivity index (χ1n) is 10.7. The van der Waals surface area contributed by atoms with Gasteiger partial charge in [0.25, 0.3) is 0 Å². The van der Waals surface area contributed by atoms with Crippen molar-refractivity contribution in [2.45, 2.75) is 43.9 Å². The van der Waals surface area contributed by atoms with Crippen LogP contribution in [-0.2, 0) is 5.41 Å². The Labute approximate surface area is 176 Å². The fourth-order valence-corrected chi connectivity index (χ4v) is 6.53. The van der Waals surface area contributed by atoms with Crippen LogP contribution in [0.2, 0.25) is 0 Å². The minimum atomic E-state index is -1.02. The second-order valence-corrected chi connectivity index (χ2v) is 9.33. The first-order valence-corrected chi connectivity index (χ1v) is 10.7. The van der Waals surface area contributed by atoms with Gasteiger partial charge in [-0.2, -0.15) is 0 Å². The lowest BCUT2D eigenvalue weighted by Crippen LogP contribution is -2.48. The molecule has 4 aliphatic rings. The molecular weight excluding hydrogens is 380 g/mol. The van der Waals surface area contributed by atoms with Crippen molar-refractivity contribution in [2.75, 3.05) is 7.11 Å². The van der Waals surface area contributed by atoms with Gasteiger partial charge in [0, 0.05) is 5.56 Å². The number of hydrogen-bond donors (Lipinski definition) is 1. The van der Waals surface area contributed by atoms with Gasteiger partial charge in [0.2, 0.25) is 0 Å². The summed E-state index contributed by atoms with van der Waals surface area (Å²) in [5.41, 5.74) is 2.01. The molecule has 2 aromatic rings. The van der Waals surface area contributed by atoms with Gasteiger partial charge in [-0.25, -0.2) is 9.59 Å². The van der Waals surface area contributed by atoms with Crippen LogP contribution in [0.15, 0.2) is 42.5 Å². The van der Waals surface area contributed by atoms with Crippen LogP contribution in [0.4, 0.5) is 0 Å². The third-order valence-corrected chi connectivity index (χ3v) is 7.36. The highest BCUT2D eigenvalue weighted by atomic mass is 16.5. The molecule has 0 aromatic heterocycles. The van der Waals surface area contributed by atoms with Crippen molar-refractivity contribution in [3.63, 3.8) is 0 Å². The second kappa shape index (κ2) is 7.15. The van der Waals surface area contributed by atoms with Crippen molar-refractivity contribution in [3.8, 4) is 11.5 Å². The Hall–Kier alpha value is -2.82. The van der Waals surface area contributed by atoms with Crippen molar-refractivity contribution in [2.24, 2.45) is 17.8 Å². The molecule has 0 unspecified atom stereocenters. The molecule has 0 heterocycles. The van der Waals surface area contributed by atoms with Gasteiger partial charge in [0.1, 0.15) is 11.5 Å². The van der Waals surface area contributed by atoms with E-state index in [4.69, 9.17) is 14.6 Å². The monoisotopic (exact) mass is 406 g/mol. The van der Waals surface area contributed by atoms with Gasteiger partial charge in [-0.15, -0.1) is 0 Å². The van der Waals surface area contributed by atoms with E-state index < -0.39 is 11.9 Å². The Bertz CT molecular complexity index is 956. The number of carboxylic acids is 1. The fraction of sp³-hybridized carbons (Fsp3) is 0.440. The van der Waals surface area contributed by atoms with Gasteiger partial charge in [-0.1, -0.05) is 6.07 Å². The summed E-state index contributed by atoms with van der Waals surface area (Å²) in [5.74, 6) is 2.09. The zero-order chi connectivity index (χ0) is 20.9. The van der Waals surface area contributed by atoms with Gasteiger partial charge in [0.15, 0.2) is 0 Å². The first kappa shape index (κ1) is 19.2. The first-order chi connectivity index (χ1) is 14.5. The molecule has 0 radical (unpaired) electrons. The molecule has 2 aromatic carbocycles. The van der Waals surface area contributed by atoms with Gasteiger partial charge < -0.3 is 14.6 Å². The van der Waals surface area contributed by atoms with Crippen molar-refractivity contribution < 1.29 is 24.2 Å². The van der Waals surface area contributed by atoms with Crippen LogP contribution in [0.1, 0.15) is 64.8 Å². The Kier molecular flexibility index (Phi) is 4.57. The lowest BCUT2D eigenvalue weighted by Gasteiger charge is -2.57. The largest absolute Gasteiger partial charge is 0.496 e. The number of methoxy groups -OCH3 is 1. The zero-order valence-electron chi connectivity index (χ0n) is 17.1. The summed E-state index contributed by atoms with van der Waals surface area (Å²) in [6.45, 7) is 0. The number of aromatic carboxylic acids is 1. The average molecular weight is 406 g/mol. The number of carbonyl (C=O) groups is 2. The predicted octanol–water partition coefficient (Wildman–Crippen LogP) is 5.08. The second-order valence-electron chi connectivity index (χ2n) is 9.33. The summed E-state index contributed by atoms with van der Waals surface area (Å²) in [6, 6.07) is 11.5. The Morgan fingerprint density at radius 3 is 2.00 bits per heavy atom. The van der Waals surface area contributed by atoms with Crippen LogP contribution in [0.3, 0.4) is 0 Å². The van der Waals surface area contributed by atoms with E-state index in [0.717, 1.165) is 23.5 Å². The highest BCUT2D eigenvalue weighted by Gasteiger charge is 2.52. The van der Waals surface area contributed by atoms with Gasteiger partial charge in [-0.05, 0) is 98.1 Å². The molecule has 0 aliphatic heterocycles. The number of rotatable bonds is 5. The molecule has 5 nitrogen and oxygen atoms in total. The average Bonchev–Trinajstić information content (AvgIpc) is 2.72. The number of hydrogen-bond acceptors (Lipinski definition) is 4. The lowest BCUT2D eigenvalue weighted by molar-refractivity contribution is -0.00617. The summed E-state index contributed by atoms with van der Waals surface area (Å²) in [7, 11) is 1.67. The van der Waals surface area contributed by atoms with E-state index in [-0.39, 0.29) is 11.0 Å². The van der Waals surface area contributed by atoms with Crippen LogP contribution >= 0.6 is 0 Å². The molecule has 4 bridgehead atoms. The smallest absolute Gasteiger partial charge is 0.343 e. The third kappa shape index (κ3) is 3.26. The Morgan fingerprint density at radius 2 is 1.47 bits per heavy atom. The van der Waals surface area contributed by atoms with E-state index in [1.165, 1.54) is 68.4 Å². The molecule has 4 aliphatic carbocycles. The molecule has 156 valence electrons. The lowest BCUT2D eigenvalue weighted by atomic mass is 9.48. The van der Waals surface area contributed by atoms with Crippen LogP contribution in [0, 0.1) is 17.8 Å². The van der Waals surface area contributed by atoms with Gasteiger partial charge in [-0.3, -0.25) is 0 Å². The molecule has 0 amide bonds. The molecule has 4 fully saturated rings. The fourth-order valence-electron chi connectivity index (χ4n) is 6.53. The highest BCUT2D eigenvalue weighted by molar-refractivity contribution is 5.92. The number of benzene rings is 2. The van der Waals surface area contributed by atoms with E-state index in [1.807, 2.05) is 6.07 Å². The van der Waals surface area contributed by atoms with Crippen molar-refractivity contribution in [1.82, 2.24) is 0 Å². The quantitative estimate of drug-likeness (QED) is 0.554. The molecule has 1 N–H and O–H groups in total. The van der Waals surface area contributed by atoms with E-state index in [1.54, 1.807) is 13.2 Å². The summed E-state index contributed by atoms with van der Waals surface area (Å²) in [5, 5.41) is 8.99. The van der Waals surface area contributed by atoms with E-state index in [9.17, 15) is 9.59 Å². The maximum Gasteiger partial charge on any atom is 0.343 e. The normalized spacial score (nSPS) is 28.9. The number of carbonyl (C=O) groups excluding carboxylic acids is 1. The van der Waals surface area contributed by atoms with E-state index in [2.05, 4.69) is 6.07 Å². The summed E-state index contributed by atoms with van der Waals surface area (Å²) >= 11 is 0. The van der Waals surface area contributed by atoms with Crippen LogP contribution < -0.4 is 9.47 Å². The minimum absolute atomic E-state index is 0.149. The summed E-state index contributed by atoms with van der Waals surface area (Å²) in [4.78, 5) is 23.6. The zero-order valence-corrected chi connectivity index (χ0v) is 17.1.